The molecule has 4 heteroatoms. The van der Waals surface area contributed by atoms with Crippen LogP contribution in [-0.4, -0.2) is 36.4 Å². The maximum atomic E-state index is 4.14. The molecule has 0 amide bonds. The Morgan fingerprint density at radius 1 is 1.64 bits per heavy atom. The van der Waals surface area contributed by atoms with Crippen molar-refractivity contribution in [1.29, 1.82) is 0 Å². The van der Waals surface area contributed by atoms with Crippen LogP contribution in [0.4, 0.5) is 5.82 Å². The van der Waals surface area contributed by atoms with Crippen molar-refractivity contribution < 1.29 is 0 Å². The molecule has 4 nitrogen and oxygen atoms in total. The van der Waals surface area contributed by atoms with Crippen LogP contribution in [0.1, 0.15) is 12.8 Å². The molecule has 0 saturated carbocycles. The van der Waals surface area contributed by atoms with Gasteiger partial charge in [0.15, 0.2) is 5.82 Å². The Balaban J connectivity index is 2.10. The Labute approximate surface area is 84.3 Å². The van der Waals surface area contributed by atoms with Gasteiger partial charge in [-0.05, 0) is 32.0 Å². The smallest absolute Gasteiger partial charge is 0.151 e. The van der Waals surface area contributed by atoms with Gasteiger partial charge in [-0.1, -0.05) is 0 Å². The van der Waals surface area contributed by atoms with Gasteiger partial charge >= 0.3 is 0 Å². The lowest BCUT2D eigenvalue weighted by Gasteiger charge is -2.24. The third kappa shape index (κ3) is 1.85. The largest absolute Gasteiger partial charge is 0.351 e. The standard InChI is InChI=1S/C10H16N4/c1-11-8-9-4-3-7-14(9)10-5-2-6-12-13-10/h2,5-6,9,11H,3-4,7-8H2,1H3. The quantitative estimate of drug-likeness (QED) is 0.764. The van der Waals surface area contributed by atoms with Gasteiger partial charge in [0, 0.05) is 25.3 Å². The molecule has 76 valence electrons. The van der Waals surface area contributed by atoms with Gasteiger partial charge < -0.3 is 10.2 Å². The normalized spacial score (nSPS) is 21.5. The summed E-state index contributed by atoms with van der Waals surface area (Å²) >= 11 is 0. The molecule has 14 heavy (non-hydrogen) atoms. The van der Waals surface area contributed by atoms with E-state index in [-0.39, 0.29) is 0 Å². The van der Waals surface area contributed by atoms with Crippen molar-refractivity contribution in [3.05, 3.63) is 18.3 Å². The Hall–Kier alpha value is -1.16. The minimum absolute atomic E-state index is 0.580. The number of rotatable bonds is 3. The predicted molar refractivity (Wildman–Crippen MR) is 56.3 cm³/mol. The van der Waals surface area contributed by atoms with E-state index in [1.165, 1.54) is 12.8 Å². The number of aromatic nitrogens is 2. The van der Waals surface area contributed by atoms with Crippen LogP contribution < -0.4 is 10.2 Å². The molecular formula is C10H16N4. The minimum atomic E-state index is 0.580. The topological polar surface area (TPSA) is 41.0 Å². The molecule has 0 aliphatic carbocycles. The summed E-state index contributed by atoms with van der Waals surface area (Å²) in [6.45, 7) is 2.13. The van der Waals surface area contributed by atoms with Crippen molar-refractivity contribution in [2.24, 2.45) is 0 Å². The van der Waals surface area contributed by atoms with E-state index in [0.717, 1.165) is 18.9 Å². The molecule has 2 rings (SSSR count). The van der Waals surface area contributed by atoms with Gasteiger partial charge in [-0.3, -0.25) is 0 Å². The van der Waals surface area contributed by atoms with Crippen LogP contribution in [-0.2, 0) is 0 Å². The van der Waals surface area contributed by atoms with Crippen molar-refractivity contribution in [3.8, 4) is 0 Å². The zero-order valence-electron chi connectivity index (χ0n) is 8.48. The SMILES string of the molecule is CNCC1CCCN1c1cccnn1. The molecule has 2 heterocycles. The zero-order chi connectivity index (χ0) is 9.80. The van der Waals surface area contributed by atoms with E-state index >= 15 is 0 Å². The van der Waals surface area contributed by atoms with E-state index in [2.05, 4.69) is 20.4 Å². The van der Waals surface area contributed by atoms with Gasteiger partial charge in [0.25, 0.3) is 0 Å². The molecule has 1 aromatic rings. The Morgan fingerprint density at radius 3 is 3.29 bits per heavy atom. The van der Waals surface area contributed by atoms with Crippen molar-refractivity contribution in [2.75, 3.05) is 25.0 Å². The number of hydrogen-bond donors (Lipinski definition) is 1. The Morgan fingerprint density at radius 2 is 2.57 bits per heavy atom. The highest BCUT2D eigenvalue weighted by Gasteiger charge is 2.24. The van der Waals surface area contributed by atoms with E-state index in [9.17, 15) is 0 Å². The van der Waals surface area contributed by atoms with Crippen LogP contribution in [0.3, 0.4) is 0 Å². The van der Waals surface area contributed by atoms with Gasteiger partial charge in [0.1, 0.15) is 0 Å². The summed E-state index contributed by atoms with van der Waals surface area (Å²) < 4.78 is 0. The van der Waals surface area contributed by atoms with Crippen LogP contribution in [0.15, 0.2) is 18.3 Å². The molecule has 0 radical (unpaired) electrons. The fourth-order valence-corrected chi connectivity index (χ4v) is 2.03. The molecule has 1 atom stereocenters. The van der Waals surface area contributed by atoms with Crippen molar-refractivity contribution in [3.63, 3.8) is 0 Å². The number of nitrogens with zero attached hydrogens (tertiary/aromatic N) is 3. The van der Waals surface area contributed by atoms with Crippen LogP contribution in [0, 0.1) is 0 Å². The van der Waals surface area contributed by atoms with Gasteiger partial charge in [-0.15, -0.1) is 5.10 Å². The first-order chi connectivity index (χ1) is 6.92. The first kappa shape index (κ1) is 9.40. The number of likely N-dealkylation sites (N-methyl/N-ethyl adjacent to an activating group) is 1. The minimum Gasteiger partial charge on any atom is -0.351 e. The van der Waals surface area contributed by atoms with Crippen molar-refractivity contribution in [2.45, 2.75) is 18.9 Å². The predicted octanol–water partition coefficient (Wildman–Crippen LogP) is 0.665. The average molecular weight is 192 g/mol. The summed E-state index contributed by atoms with van der Waals surface area (Å²) in [5, 5.41) is 11.3. The summed E-state index contributed by atoms with van der Waals surface area (Å²) in [7, 11) is 1.99. The number of anilines is 1. The second-order valence-corrected chi connectivity index (χ2v) is 3.63. The van der Waals surface area contributed by atoms with Crippen LogP contribution in [0.2, 0.25) is 0 Å². The fourth-order valence-electron chi connectivity index (χ4n) is 2.03. The van der Waals surface area contributed by atoms with E-state index in [1.54, 1.807) is 6.20 Å². The molecule has 1 fully saturated rings. The highest BCUT2D eigenvalue weighted by molar-refractivity contribution is 5.39. The molecule has 1 unspecified atom stereocenters. The van der Waals surface area contributed by atoms with E-state index in [4.69, 9.17) is 0 Å². The first-order valence-electron chi connectivity index (χ1n) is 5.11. The maximum Gasteiger partial charge on any atom is 0.151 e. The number of hydrogen-bond acceptors (Lipinski definition) is 4. The molecule has 1 aliphatic rings. The lowest BCUT2D eigenvalue weighted by atomic mass is 10.2. The van der Waals surface area contributed by atoms with Gasteiger partial charge in [-0.2, -0.15) is 5.10 Å². The molecular weight excluding hydrogens is 176 g/mol. The molecule has 0 bridgehead atoms. The van der Waals surface area contributed by atoms with Gasteiger partial charge in [0.05, 0.1) is 0 Å². The summed E-state index contributed by atoms with van der Waals surface area (Å²) in [6, 6.07) is 4.55. The van der Waals surface area contributed by atoms with Gasteiger partial charge in [-0.25, -0.2) is 0 Å². The Kier molecular flexibility index (Phi) is 2.93. The summed E-state index contributed by atoms with van der Waals surface area (Å²) in [4.78, 5) is 2.34. The lowest BCUT2D eigenvalue weighted by Crippen LogP contribution is -2.37. The molecule has 1 N–H and O–H groups in total. The lowest BCUT2D eigenvalue weighted by molar-refractivity contribution is 0.609. The third-order valence-corrected chi connectivity index (χ3v) is 2.67. The first-order valence-corrected chi connectivity index (χ1v) is 5.11. The van der Waals surface area contributed by atoms with Crippen molar-refractivity contribution in [1.82, 2.24) is 15.5 Å². The zero-order valence-corrected chi connectivity index (χ0v) is 8.48. The summed E-state index contributed by atoms with van der Waals surface area (Å²) in [6.07, 6.45) is 4.22. The van der Waals surface area contributed by atoms with E-state index < -0.39 is 0 Å². The summed E-state index contributed by atoms with van der Waals surface area (Å²) in [5.41, 5.74) is 0. The summed E-state index contributed by atoms with van der Waals surface area (Å²) in [5.74, 6) is 1.00. The second-order valence-electron chi connectivity index (χ2n) is 3.63. The number of nitrogens with one attached hydrogen (secondary N) is 1. The molecule has 1 aromatic heterocycles. The van der Waals surface area contributed by atoms with Crippen LogP contribution in [0.5, 0.6) is 0 Å². The fraction of sp³-hybridized carbons (Fsp3) is 0.600. The van der Waals surface area contributed by atoms with E-state index in [0.29, 0.717) is 6.04 Å². The monoisotopic (exact) mass is 192 g/mol. The average Bonchev–Trinajstić information content (AvgIpc) is 2.68. The molecule has 0 spiro atoms. The van der Waals surface area contributed by atoms with Crippen LogP contribution >= 0.6 is 0 Å². The highest BCUT2D eigenvalue weighted by Crippen LogP contribution is 2.22. The maximum absolute atomic E-state index is 4.14. The molecule has 1 saturated heterocycles. The second kappa shape index (κ2) is 4.37. The highest BCUT2D eigenvalue weighted by atomic mass is 15.3. The molecule has 0 aromatic carbocycles. The molecule has 1 aliphatic heterocycles. The van der Waals surface area contributed by atoms with Crippen LogP contribution in [0.25, 0.3) is 0 Å². The third-order valence-electron chi connectivity index (χ3n) is 2.67. The van der Waals surface area contributed by atoms with Gasteiger partial charge in [0.2, 0.25) is 0 Å². The van der Waals surface area contributed by atoms with E-state index in [1.807, 2.05) is 19.2 Å². The Bertz CT molecular complexity index is 275. The van der Waals surface area contributed by atoms with Crippen molar-refractivity contribution >= 4 is 5.82 Å².